The van der Waals surface area contributed by atoms with Crippen molar-refractivity contribution in [1.82, 2.24) is 0 Å². The van der Waals surface area contributed by atoms with Crippen molar-refractivity contribution in [3.63, 3.8) is 0 Å². The van der Waals surface area contributed by atoms with Crippen LogP contribution in [0.2, 0.25) is 0 Å². The monoisotopic (exact) mass is 1400 g/mol. The Kier molecular flexibility index (Phi) is 66.5. The van der Waals surface area contributed by atoms with Crippen LogP contribution in [0.5, 0.6) is 0 Å². The molecule has 0 aromatic heterocycles. The van der Waals surface area contributed by atoms with Crippen LogP contribution >= 0.6 is 15.6 Å². The highest BCUT2D eigenvalue weighted by Crippen LogP contribution is 2.45. The van der Waals surface area contributed by atoms with Gasteiger partial charge in [0.15, 0.2) is 12.2 Å². The molecule has 19 heteroatoms. The van der Waals surface area contributed by atoms with Gasteiger partial charge < -0.3 is 33.8 Å². The first-order chi connectivity index (χ1) is 45.9. The fourth-order valence-corrected chi connectivity index (χ4v) is 13.2. The predicted octanol–water partition coefficient (Wildman–Crippen LogP) is 22.3. The summed E-state index contributed by atoms with van der Waals surface area (Å²) in [7, 11) is -9.91. The molecule has 0 amide bonds. The highest BCUT2D eigenvalue weighted by Gasteiger charge is 2.30. The lowest BCUT2D eigenvalue weighted by molar-refractivity contribution is -0.161. The molecule has 0 aliphatic carbocycles. The third-order valence-corrected chi connectivity index (χ3v) is 20.0. The molecule has 17 nitrogen and oxygen atoms in total. The van der Waals surface area contributed by atoms with E-state index < -0.39 is 97.5 Å². The highest BCUT2D eigenvalue weighted by molar-refractivity contribution is 7.47. The fraction of sp³-hybridized carbons (Fsp3) is 0.947. The molecule has 0 heterocycles. The zero-order valence-corrected chi connectivity index (χ0v) is 63.8. The largest absolute Gasteiger partial charge is 0.472 e. The van der Waals surface area contributed by atoms with Gasteiger partial charge in [-0.15, -0.1) is 0 Å². The average molecular weight is 1400 g/mol. The average Bonchev–Trinajstić information content (AvgIpc) is 2.28. The molecule has 0 aliphatic heterocycles. The molecule has 0 aromatic rings. The van der Waals surface area contributed by atoms with Crippen LogP contribution in [0, 0.1) is 11.8 Å². The molecule has 0 spiro atoms. The van der Waals surface area contributed by atoms with Gasteiger partial charge >= 0.3 is 39.5 Å². The fourth-order valence-electron chi connectivity index (χ4n) is 11.6. The van der Waals surface area contributed by atoms with E-state index in [-0.39, 0.29) is 25.7 Å². The van der Waals surface area contributed by atoms with Crippen LogP contribution in [0.1, 0.15) is 395 Å². The van der Waals surface area contributed by atoms with Crippen molar-refractivity contribution < 1.29 is 80.2 Å². The molecular weight excluding hydrogens is 1250 g/mol. The number of phosphoric ester groups is 2. The number of ether oxygens (including phenoxy) is 4. The van der Waals surface area contributed by atoms with Crippen LogP contribution in [-0.2, 0) is 65.4 Å². The van der Waals surface area contributed by atoms with Gasteiger partial charge in [0.1, 0.15) is 19.3 Å². The van der Waals surface area contributed by atoms with Crippen molar-refractivity contribution in [2.75, 3.05) is 39.6 Å². The summed E-state index contributed by atoms with van der Waals surface area (Å²) in [5.41, 5.74) is 0. The van der Waals surface area contributed by atoms with Crippen LogP contribution in [0.15, 0.2) is 0 Å². The molecule has 0 aromatic carbocycles. The highest BCUT2D eigenvalue weighted by atomic mass is 31.2. The van der Waals surface area contributed by atoms with Crippen LogP contribution < -0.4 is 0 Å². The molecule has 0 radical (unpaired) electrons. The van der Waals surface area contributed by atoms with Gasteiger partial charge in [-0.25, -0.2) is 9.13 Å². The summed E-state index contributed by atoms with van der Waals surface area (Å²) in [6.07, 6.45) is 55.4. The van der Waals surface area contributed by atoms with E-state index in [9.17, 15) is 43.2 Å². The smallest absolute Gasteiger partial charge is 0.462 e. The SMILES string of the molecule is CCCCCCCCCCCCCCCCCC(=O)OC[C@H](COP(=O)(O)OC[C@@H](O)COP(=O)(O)OC[C@@H](COC(=O)CCCCCCCCCCCCC)OC(=O)CCCCCCCCCCC(C)C)OC(=O)CCCCCCCCCCCCCCCCC(C)CC. The predicted molar refractivity (Wildman–Crippen MR) is 386 cm³/mol. The molecule has 0 saturated heterocycles. The van der Waals surface area contributed by atoms with Gasteiger partial charge in [-0.2, -0.15) is 0 Å². The molecular formula is C76H148O17P2. The summed E-state index contributed by atoms with van der Waals surface area (Å²) in [4.78, 5) is 72.8. The molecule has 0 rings (SSSR count). The number of esters is 4. The molecule has 95 heavy (non-hydrogen) atoms. The molecule has 0 bridgehead atoms. The van der Waals surface area contributed by atoms with Crippen molar-refractivity contribution in [2.24, 2.45) is 11.8 Å². The second kappa shape index (κ2) is 67.9. The van der Waals surface area contributed by atoms with Crippen molar-refractivity contribution in [3.05, 3.63) is 0 Å². The summed E-state index contributed by atoms with van der Waals surface area (Å²) in [5, 5.41) is 10.6. The molecule has 0 fully saturated rings. The lowest BCUT2D eigenvalue weighted by atomic mass is 9.99. The Morgan fingerprint density at radius 2 is 0.537 bits per heavy atom. The van der Waals surface area contributed by atoms with Crippen LogP contribution in [-0.4, -0.2) is 96.7 Å². The number of phosphoric acid groups is 2. The zero-order chi connectivity index (χ0) is 70.0. The lowest BCUT2D eigenvalue weighted by Gasteiger charge is -2.21. The normalized spacial score (nSPS) is 14.3. The standard InChI is InChI=1S/C76H148O17P2/c1-7-10-12-14-16-18-20-21-22-26-30-34-41-47-53-59-74(79)87-64-71(92-75(80)60-54-48-42-35-31-27-24-23-25-29-32-39-45-51-57-69(6)9-3)66-90-94(82,83)88-62-70(77)63-89-95(84,85)91-67-72(93-76(81)61-55-49-43-37-36-38-44-50-56-68(4)5)65-86-73(78)58-52-46-40-33-28-19-17-15-13-11-8-2/h68-72,77H,7-67H2,1-6H3,(H,82,83)(H,84,85)/t69?,70-,71-,72-/m1/s1. The van der Waals surface area contributed by atoms with Crippen LogP contribution in [0.25, 0.3) is 0 Å². The van der Waals surface area contributed by atoms with Crippen molar-refractivity contribution in [2.45, 2.75) is 413 Å². The van der Waals surface area contributed by atoms with Gasteiger partial charge in [0, 0.05) is 25.7 Å². The minimum Gasteiger partial charge on any atom is -0.462 e. The number of unbranched alkanes of at least 4 members (excludes halogenated alkanes) is 44. The summed E-state index contributed by atoms with van der Waals surface area (Å²) >= 11 is 0. The van der Waals surface area contributed by atoms with Gasteiger partial charge in [0.2, 0.25) is 0 Å². The molecule has 6 atom stereocenters. The summed E-state index contributed by atoms with van der Waals surface area (Å²) in [5.74, 6) is -0.551. The number of hydrogen-bond acceptors (Lipinski definition) is 15. The van der Waals surface area contributed by atoms with Crippen LogP contribution in [0.4, 0.5) is 0 Å². The first-order valence-corrected chi connectivity index (χ1v) is 42.5. The molecule has 3 unspecified atom stereocenters. The molecule has 0 aliphatic rings. The summed E-state index contributed by atoms with van der Waals surface area (Å²) in [6, 6.07) is 0. The van der Waals surface area contributed by atoms with Crippen molar-refractivity contribution in [1.29, 1.82) is 0 Å². The Morgan fingerprint density at radius 1 is 0.305 bits per heavy atom. The summed E-state index contributed by atoms with van der Waals surface area (Å²) in [6.45, 7) is 9.61. The second-order valence-corrected chi connectivity index (χ2v) is 31.0. The van der Waals surface area contributed by atoms with E-state index in [0.717, 1.165) is 102 Å². The summed E-state index contributed by atoms with van der Waals surface area (Å²) < 4.78 is 68.5. The number of aliphatic hydroxyl groups is 1. The van der Waals surface area contributed by atoms with E-state index in [1.807, 2.05) is 0 Å². The van der Waals surface area contributed by atoms with E-state index in [1.54, 1.807) is 0 Å². The maximum atomic E-state index is 13.1. The molecule has 3 N–H and O–H groups in total. The van der Waals surface area contributed by atoms with E-state index in [0.29, 0.717) is 25.7 Å². The van der Waals surface area contributed by atoms with E-state index >= 15 is 0 Å². The zero-order valence-electron chi connectivity index (χ0n) is 62.0. The second-order valence-electron chi connectivity index (χ2n) is 28.1. The van der Waals surface area contributed by atoms with Gasteiger partial charge in [0.05, 0.1) is 26.4 Å². The Hall–Kier alpha value is -1.94. The topological polar surface area (TPSA) is 237 Å². The van der Waals surface area contributed by atoms with E-state index in [4.69, 9.17) is 37.0 Å². The Bertz CT molecular complexity index is 1840. The van der Waals surface area contributed by atoms with E-state index in [1.165, 1.54) is 212 Å². The van der Waals surface area contributed by atoms with Crippen molar-refractivity contribution in [3.8, 4) is 0 Å². The van der Waals surface area contributed by atoms with Gasteiger partial charge in [-0.05, 0) is 37.5 Å². The number of hydrogen-bond donors (Lipinski definition) is 3. The van der Waals surface area contributed by atoms with Gasteiger partial charge in [-0.1, -0.05) is 343 Å². The maximum Gasteiger partial charge on any atom is 0.472 e. The first-order valence-electron chi connectivity index (χ1n) is 39.5. The quantitative estimate of drug-likeness (QED) is 0.0222. The molecule has 564 valence electrons. The third-order valence-electron chi connectivity index (χ3n) is 18.1. The van der Waals surface area contributed by atoms with Gasteiger partial charge in [-0.3, -0.25) is 37.3 Å². The Labute approximate surface area is 581 Å². The number of rotatable bonds is 75. The van der Waals surface area contributed by atoms with Gasteiger partial charge in [0.25, 0.3) is 0 Å². The minimum absolute atomic E-state index is 0.105. The molecule has 0 saturated carbocycles. The maximum absolute atomic E-state index is 13.1. The Balaban J connectivity index is 5.24. The number of carbonyl (C=O) groups excluding carboxylic acids is 4. The Morgan fingerprint density at radius 3 is 0.800 bits per heavy atom. The van der Waals surface area contributed by atoms with Crippen molar-refractivity contribution >= 4 is 39.5 Å². The van der Waals surface area contributed by atoms with Crippen LogP contribution in [0.3, 0.4) is 0 Å². The number of aliphatic hydroxyl groups excluding tert-OH is 1. The minimum atomic E-state index is -4.96. The first kappa shape index (κ1) is 93.1. The third kappa shape index (κ3) is 69.0. The van der Waals surface area contributed by atoms with E-state index in [2.05, 4.69) is 41.5 Å². The lowest BCUT2D eigenvalue weighted by Crippen LogP contribution is -2.30. The number of carbonyl (C=O) groups is 4.